The molecule has 2 aromatic heterocycles. The minimum absolute atomic E-state index is 0.0481. The lowest BCUT2D eigenvalue weighted by molar-refractivity contribution is 0.299. The number of aliphatic hydroxyl groups excluding tert-OH is 1. The first-order chi connectivity index (χ1) is 12.2. The lowest BCUT2D eigenvalue weighted by Gasteiger charge is -2.00. The highest BCUT2D eigenvalue weighted by atomic mass is 16.2. The SMILES string of the molecule is Cn1cc(-c2cnc3ccc4ccc(CCO)cc4c(=O)c3c2)cn1. The van der Waals surface area contributed by atoms with Crippen LogP contribution >= 0.6 is 0 Å². The Bertz CT molecular complexity index is 1150. The number of nitrogens with zero attached hydrogens (tertiary/aromatic N) is 3. The van der Waals surface area contributed by atoms with Crippen LogP contribution in [0.1, 0.15) is 5.56 Å². The van der Waals surface area contributed by atoms with Crippen molar-refractivity contribution in [2.24, 2.45) is 7.05 Å². The lowest BCUT2D eigenvalue weighted by atomic mass is 10.1. The van der Waals surface area contributed by atoms with Crippen molar-refractivity contribution < 1.29 is 5.11 Å². The summed E-state index contributed by atoms with van der Waals surface area (Å²) in [6.07, 6.45) is 5.95. The van der Waals surface area contributed by atoms with Gasteiger partial charge >= 0.3 is 0 Å². The molecule has 5 heteroatoms. The zero-order valence-electron chi connectivity index (χ0n) is 13.8. The van der Waals surface area contributed by atoms with Crippen LogP contribution in [0.25, 0.3) is 32.8 Å². The van der Waals surface area contributed by atoms with Crippen LogP contribution < -0.4 is 5.43 Å². The van der Waals surface area contributed by atoms with Gasteiger partial charge in [-0.2, -0.15) is 5.10 Å². The molecule has 0 aliphatic rings. The first-order valence-electron chi connectivity index (χ1n) is 8.11. The van der Waals surface area contributed by atoms with Gasteiger partial charge in [0.15, 0.2) is 5.43 Å². The molecule has 0 aliphatic heterocycles. The Balaban J connectivity index is 2.01. The minimum Gasteiger partial charge on any atom is -0.396 e. The second-order valence-electron chi connectivity index (χ2n) is 6.12. The number of hydrogen-bond donors (Lipinski definition) is 1. The normalized spacial score (nSPS) is 11.3. The van der Waals surface area contributed by atoms with E-state index in [1.165, 1.54) is 0 Å². The predicted molar refractivity (Wildman–Crippen MR) is 98.5 cm³/mol. The summed E-state index contributed by atoms with van der Waals surface area (Å²) < 4.78 is 1.72. The van der Waals surface area contributed by atoms with Crippen LogP contribution in [0.4, 0.5) is 0 Å². The summed E-state index contributed by atoms with van der Waals surface area (Å²) >= 11 is 0. The summed E-state index contributed by atoms with van der Waals surface area (Å²) in [6, 6.07) is 11.4. The number of aliphatic hydroxyl groups is 1. The van der Waals surface area contributed by atoms with Gasteiger partial charge in [-0.15, -0.1) is 0 Å². The molecule has 0 saturated carbocycles. The van der Waals surface area contributed by atoms with E-state index in [0.29, 0.717) is 22.7 Å². The van der Waals surface area contributed by atoms with Crippen LogP contribution in [0.15, 0.2) is 59.8 Å². The van der Waals surface area contributed by atoms with Gasteiger partial charge in [0.25, 0.3) is 0 Å². The largest absolute Gasteiger partial charge is 0.396 e. The Hall–Kier alpha value is -3.05. The van der Waals surface area contributed by atoms with Gasteiger partial charge < -0.3 is 5.11 Å². The maximum atomic E-state index is 13.1. The lowest BCUT2D eigenvalue weighted by Crippen LogP contribution is -2.01. The standard InChI is InChI=1S/C20H17N3O2/c1-23-12-16(11-22-23)15-9-18-19(21-10-15)5-4-14-3-2-13(6-7-24)8-17(14)20(18)25/h2-5,8-12,24H,6-7H2,1H3. The van der Waals surface area contributed by atoms with Crippen molar-refractivity contribution in [2.45, 2.75) is 6.42 Å². The average Bonchev–Trinajstić information content (AvgIpc) is 3.01. The topological polar surface area (TPSA) is 68.0 Å². The molecule has 0 fully saturated rings. The molecule has 1 N–H and O–H groups in total. The predicted octanol–water partition coefficient (Wildman–Crippen LogP) is 2.68. The van der Waals surface area contributed by atoms with E-state index >= 15 is 0 Å². The maximum absolute atomic E-state index is 13.1. The molecule has 0 spiro atoms. The van der Waals surface area contributed by atoms with Crippen molar-refractivity contribution in [3.8, 4) is 11.1 Å². The van der Waals surface area contributed by atoms with E-state index in [0.717, 1.165) is 22.1 Å². The van der Waals surface area contributed by atoms with Crippen molar-refractivity contribution in [3.05, 3.63) is 70.8 Å². The molecule has 124 valence electrons. The van der Waals surface area contributed by atoms with Crippen LogP contribution in [0.3, 0.4) is 0 Å². The molecule has 2 aromatic carbocycles. The molecule has 0 atom stereocenters. The number of aryl methyl sites for hydroxylation is 1. The van der Waals surface area contributed by atoms with Gasteiger partial charge in [0.1, 0.15) is 0 Å². The molecular weight excluding hydrogens is 314 g/mol. The third-order valence-corrected chi connectivity index (χ3v) is 4.38. The average molecular weight is 331 g/mol. The van der Waals surface area contributed by atoms with Crippen LogP contribution in [0.5, 0.6) is 0 Å². The molecule has 25 heavy (non-hydrogen) atoms. The van der Waals surface area contributed by atoms with Gasteiger partial charge in [-0.25, -0.2) is 0 Å². The highest BCUT2D eigenvalue weighted by molar-refractivity contribution is 5.93. The Labute approximate surface area is 144 Å². The first-order valence-corrected chi connectivity index (χ1v) is 8.11. The van der Waals surface area contributed by atoms with Gasteiger partial charge in [0.05, 0.1) is 11.7 Å². The zero-order chi connectivity index (χ0) is 17.4. The molecule has 2 heterocycles. The summed E-state index contributed by atoms with van der Waals surface area (Å²) in [4.78, 5) is 17.6. The summed E-state index contributed by atoms with van der Waals surface area (Å²) in [5, 5.41) is 15.4. The number of fused-ring (bicyclic) bond motifs is 2. The molecule has 0 saturated heterocycles. The number of rotatable bonds is 3. The van der Waals surface area contributed by atoms with Gasteiger partial charge in [0.2, 0.25) is 0 Å². The molecule has 0 radical (unpaired) electrons. The second kappa shape index (κ2) is 6.11. The zero-order valence-corrected chi connectivity index (χ0v) is 13.8. The molecule has 0 unspecified atom stereocenters. The molecule has 0 amide bonds. The van der Waals surface area contributed by atoms with Crippen LogP contribution in [0.2, 0.25) is 0 Å². The van der Waals surface area contributed by atoms with Crippen molar-refractivity contribution in [1.82, 2.24) is 14.8 Å². The van der Waals surface area contributed by atoms with Gasteiger partial charge in [-0.3, -0.25) is 14.5 Å². The van der Waals surface area contributed by atoms with Gasteiger partial charge in [-0.1, -0.05) is 18.2 Å². The number of pyridine rings is 1. The van der Waals surface area contributed by atoms with Crippen LogP contribution in [-0.2, 0) is 13.5 Å². The quantitative estimate of drug-likeness (QED) is 0.627. The summed E-state index contributed by atoms with van der Waals surface area (Å²) in [7, 11) is 1.85. The Kier molecular flexibility index (Phi) is 3.78. The van der Waals surface area contributed by atoms with Crippen molar-refractivity contribution in [2.75, 3.05) is 6.61 Å². The minimum atomic E-state index is -0.0481. The smallest absolute Gasteiger partial charge is 0.195 e. The molecule has 4 aromatic rings. The number of hydrogen-bond acceptors (Lipinski definition) is 4. The van der Waals surface area contributed by atoms with E-state index in [1.54, 1.807) is 17.1 Å². The number of benzene rings is 1. The maximum Gasteiger partial charge on any atom is 0.195 e. The number of aromatic nitrogens is 3. The van der Waals surface area contributed by atoms with E-state index in [-0.39, 0.29) is 12.0 Å². The highest BCUT2D eigenvalue weighted by Crippen LogP contribution is 2.22. The Morgan fingerprint density at radius 1 is 1.04 bits per heavy atom. The van der Waals surface area contributed by atoms with Crippen molar-refractivity contribution in [1.29, 1.82) is 0 Å². The molecule has 0 bridgehead atoms. The van der Waals surface area contributed by atoms with Crippen LogP contribution in [0, 0.1) is 0 Å². The highest BCUT2D eigenvalue weighted by Gasteiger charge is 2.08. The monoisotopic (exact) mass is 331 g/mol. The van der Waals surface area contributed by atoms with E-state index in [4.69, 9.17) is 5.11 Å². The molecule has 5 nitrogen and oxygen atoms in total. The first kappa shape index (κ1) is 15.5. The van der Waals surface area contributed by atoms with Gasteiger partial charge in [-0.05, 0) is 35.6 Å². The fourth-order valence-electron chi connectivity index (χ4n) is 3.06. The second-order valence-corrected chi connectivity index (χ2v) is 6.12. The van der Waals surface area contributed by atoms with Crippen molar-refractivity contribution in [3.63, 3.8) is 0 Å². The fourth-order valence-corrected chi connectivity index (χ4v) is 3.06. The van der Waals surface area contributed by atoms with E-state index in [9.17, 15) is 4.79 Å². The van der Waals surface area contributed by atoms with Gasteiger partial charge in [0, 0.05) is 47.9 Å². The Morgan fingerprint density at radius 3 is 2.64 bits per heavy atom. The van der Waals surface area contributed by atoms with E-state index < -0.39 is 0 Å². The molecule has 0 aliphatic carbocycles. The Morgan fingerprint density at radius 2 is 1.88 bits per heavy atom. The third-order valence-electron chi connectivity index (χ3n) is 4.38. The fraction of sp³-hybridized carbons (Fsp3) is 0.150. The summed E-state index contributed by atoms with van der Waals surface area (Å²) in [5.74, 6) is 0. The van der Waals surface area contributed by atoms with E-state index in [2.05, 4.69) is 10.1 Å². The van der Waals surface area contributed by atoms with Crippen LogP contribution in [-0.4, -0.2) is 26.5 Å². The molecule has 4 rings (SSSR count). The molecular formula is C20H17N3O2. The third kappa shape index (κ3) is 2.79. The summed E-state index contributed by atoms with van der Waals surface area (Å²) in [5.41, 5.74) is 3.35. The van der Waals surface area contributed by atoms with Crippen molar-refractivity contribution >= 4 is 21.7 Å². The summed E-state index contributed by atoms with van der Waals surface area (Å²) in [6.45, 7) is 0.0616. The van der Waals surface area contributed by atoms with E-state index in [1.807, 2.05) is 49.6 Å².